The Bertz CT molecular complexity index is 1150. The van der Waals surface area contributed by atoms with Gasteiger partial charge in [0.05, 0.1) is 17.9 Å². The van der Waals surface area contributed by atoms with E-state index in [-0.39, 0.29) is 29.6 Å². The molecule has 0 aliphatic carbocycles. The van der Waals surface area contributed by atoms with Crippen LogP contribution in [0.3, 0.4) is 0 Å². The summed E-state index contributed by atoms with van der Waals surface area (Å²) in [6.45, 7) is 10.1. The van der Waals surface area contributed by atoms with Crippen molar-refractivity contribution in [3.05, 3.63) is 69.7 Å². The number of carbonyl (C=O) groups excluding carboxylic acids is 2. The highest BCUT2D eigenvalue weighted by atomic mass is 35.5. The maximum Gasteiger partial charge on any atom is 0.304 e. The molecular formula is C29H36Cl2N2O4. The molecule has 2 aromatic carbocycles. The molecule has 1 fully saturated rings. The Morgan fingerprint density at radius 2 is 1.76 bits per heavy atom. The molecule has 0 spiro atoms. The van der Waals surface area contributed by atoms with Crippen LogP contribution in [0.15, 0.2) is 48.5 Å². The lowest BCUT2D eigenvalue weighted by molar-refractivity contribution is -0.163. The number of hydrogen-bond acceptors (Lipinski definition) is 3. The highest BCUT2D eigenvalue weighted by Crippen LogP contribution is 2.52. The summed E-state index contributed by atoms with van der Waals surface area (Å²) in [6.07, 6.45) is 0.326. The Kier molecular flexibility index (Phi) is 8.97. The lowest BCUT2D eigenvalue weighted by atomic mass is 9.67. The number of likely N-dealkylation sites (tertiary alicyclic amines) is 1. The summed E-state index contributed by atoms with van der Waals surface area (Å²) in [6, 6.07) is 13.4. The Labute approximate surface area is 229 Å². The zero-order chi connectivity index (χ0) is 27.5. The van der Waals surface area contributed by atoms with Crippen molar-refractivity contribution in [3.8, 4) is 0 Å². The number of hydrogen-bond donors (Lipinski definition) is 2. The molecule has 2 aromatic rings. The minimum atomic E-state index is -1.21. The molecule has 1 saturated heterocycles. The molecule has 2 N–H and O–H groups in total. The zero-order valence-corrected chi connectivity index (χ0v) is 23.6. The topological polar surface area (TPSA) is 86.7 Å². The van der Waals surface area contributed by atoms with Gasteiger partial charge in [-0.1, -0.05) is 82.1 Å². The molecule has 0 aromatic heterocycles. The van der Waals surface area contributed by atoms with Crippen LogP contribution in [0.5, 0.6) is 0 Å². The van der Waals surface area contributed by atoms with Crippen molar-refractivity contribution in [2.24, 2.45) is 10.8 Å². The van der Waals surface area contributed by atoms with E-state index >= 15 is 0 Å². The molecule has 1 aliphatic heterocycles. The Morgan fingerprint density at radius 3 is 2.30 bits per heavy atom. The number of benzene rings is 2. The van der Waals surface area contributed by atoms with Crippen molar-refractivity contribution in [3.63, 3.8) is 0 Å². The summed E-state index contributed by atoms with van der Waals surface area (Å²) in [7, 11) is 0. The van der Waals surface area contributed by atoms with Crippen LogP contribution in [0, 0.1) is 10.8 Å². The van der Waals surface area contributed by atoms with Gasteiger partial charge in [-0.25, -0.2) is 0 Å². The first kappa shape index (κ1) is 29.0. The monoisotopic (exact) mass is 546 g/mol. The van der Waals surface area contributed by atoms with Crippen LogP contribution in [0.1, 0.15) is 77.0 Å². The highest BCUT2D eigenvalue weighted by molar-refractivity contribution is 6.30. The van der Waals surface area contributed by atoms with E-state index in [0.717, 1.165) is 11.1 Å². The first-order valence-corrected chi connectivity index (χ1v) is 13.3. The molecule has 3 rings (SSSR count). The quantitative estimate of drug-likeness (QED) is 0.397. The van der Waals surface area contributed by atoms with Crippen LogP contribution in [0.4, 0.5) is 0 Å². The molecule has 8 heteroatoms. The fourth-order valence-corrected chi connectivity index (χ4v) is 5.53. The van der Waals surface area contributed by atoms with Crippen LogP contribution < -0.4 is 5.32 Å². The van der Waals surface area contributed by atoms with E-state index in [1.807, 2.05) is 58.0 Å². The van der Waals surface area contributed by atoms with Crippen LogP contribution in [-0.2, 0) is 14.4 Å². The molecule has 0 saturated carbocycles. The minimum Gasteiger partial charge on any atom is -0.481 e. The van der Waals surface area contributed by atoms with Gasteiger partial charge in [-0.3, -0.25) is 14.4 Å². The molecular weight excluding hydrogens is 511 g/mol. The molecule has 1 aliphatic rings. The number of carboxylic acids is 1. The van der Waals surface area contributed by atoms with Gasteiger partial charge >= 0.3 is 5.97 Å². The third kappa shape index (κ3) is 6.85. The Balaban J connectivity index is 2.21. The molecule has 2 amide bonds. The van der Waals surface area contributed by atoms with E-state index in [2.05, 4.69) is 5.32 Å². The van der Waals surface area contributed by atoms with Crippen molar-refractivity contribution < 1.29 is 19.5 Å². The van der Waals surface area contributed by atoms with Crippen LogP contribution in [0.25, 0.3) is 0 Å². The van der Waals surface area contributed by atoms with Crippen molar-refractivity contribution in [1.82, 2.24) is 10.2 Å². The van der Waals surface area contributed by atoms with Gasteiger partial charge in [-0.05, 0) is 53.6 Å². The number of aliphatic carboxylic acids is 1. The summed E-state index contributed by atoms with van der Waals surface area (Å²) >= 11 is 12.6. The molecule has 6 nitrogen and oxygen atoms in total. The maximum atomic E-state index is 14.2. The van der Waals surface area contributed by atoms with Gasteiger partial charge in [0.15, 0.2) is 0 Å². The summed E-state index contributed by atoms with van der Waals surface area (Å²) in [4.78, 5) is 41.3. The average Bonchev–Trinajstić information content (AvgIpc) is 2.80. The first-order valence-electron chi connectivity index (χ1n) is 12.6. The van der Waals surface area contributed by atoms with Gasteiger partial charge < -0.3 is 15.3 Å². The molecule has 1 heterocycles. The maximum absolute atomic E-state index is 14.2. The summed E-state index contributed by atoms with van der Waals surface area (Å²) < 4.78 is 0. The summed E-state index contributed by atoms with van der Waals surface area (Å²) in [5.74, 6) is -1.96. The van der Waals surface area contributed by atoms with E-state index in [1.165, 1.54) is 0 Å². The molecule has 200 valence electrons. The van der Waals surface area contributed by atoms with Crippen LogP contribution >= 0.6 is 23.2 Å². The fraction of sp³-hybridized carbons (Fsp3) is 0.483. The van der Waals surface area contributed by atoms with Gasteiger partial charge in [0, 0.05) is 22.5 Å². The third-order valence-electron chi connectivity index (χ3n) is 6.95. The molecule has 1 unspecified atom stereocenters. The molecule has 4 atom stereocenters. The fourth-order valence-electron chi connectivity index (χ4n) is 5.20. The van der Waals surface area contributed by atoms with Gasteiger partial charge in [-0.15, -0.1) is 0 Å². The summed E-state index contributed by atoms with van der Waals surface area (Å²) in [5, 5.41) is 13.9. The second kappa shape index (κ2) is 11.4. The van der Waals surface area contributed by atoms with E-state index in [4.69, 9.17) is 23.2 Å². The second-order valence-corrected chi connectivity index (χ2v) is 12.3. The first-order chi connectivity index (χ1) is 17.3. The largest absolute Gasteiger partial charge is 0.481 e. The average molecular weight is 548 g/mol. The standard InChI is InChI=1S/C29H36Cl2N2O4/c1-6-23(26(36)32-17-28(2,3)4)33-25(18-10-12-20(30)13-11-18)22(19-8-7-9-21(31)14-19)15-29(5,27(33)37)16-24(34)35/h7-14,22-23,25H,6,15-17H2,1-5H3,(H,32,36)(H,34,35)/t22?,23-,25+,29-/m0/s1. The number of rotatable bonds is 8. The van der Waals surface area contributed by atoms with Crippen LogP contribution in [0.2, 0.25) is 10.0 Å². The summed E-state index contributed by atoms with van der Waals surface area (Å²) in [5.41, 5.74) is 0.351. The number of halogens is 2. The van der Waals surface area contributed by atoms with E-state index < -0.39 is 23.5 Å². The third-order valence-corrected chi connectivity index (χ3v) is 7.44. The number of carbonyl (C=O) groups is 3. The number of piperidine rings is 1. The lowest BCUT2D eigenvalue weighted by Crippen LogP contribution is -2.59. The molecule has 0 radical (unpaired) electrons. The SMILES string of the molecule is CC[C@@H](C(=O)NCC(C)(C)C)N1C(=O)[C@](C)(CC(=O)O)CC(c2cccc(Cl)c2)[C@H]1c1ccc(Cl)cc1. The normalized spacial score (nSPS) is 23.0. The molecule has 0 bridgehead atoms. The van der Waals surface area contributed by atoms with Crippen LogP contribution in [-0.4, -0.2) is 40.4 Å². The van der Waals surface area contributed by atoms with Gasteiger partial charge in [0.2, 0.25) is 11.8 Å². The zero-order valence-electron chi connectivity index (χ0n) is 22.1. The predicted molar refractivity (Wildman–Crippen MR) is 147 cm³/mol. The van der Waals surface area contributed by atoms with E-state index in [1.54, 1.807) is 30.0 Å². The van der Waals surface area contributed by atoms with Crippen molar-refractivity contribution in [2.45, 2.75) is 71.9 Å². The second-order valence-electron chi connectivity index (χ2n) is 11.4. The Morgan fingerprint density at radius 1 is 1.11 bits per heavy atom. The van der Waals surface area contributed by atoms with Gasteiger partial charge in [-0.2, -0.15) is 0 Å². The van der Waals surface area contributed by atoms with Gasteiger partial charge in [0.25, 0.3) is 0 Å². The van der Waals surface area contributed by atoms with Crippen molar-refractivity contribution >= 4 is 41.0 Å². The smallest absolute Gasteiger partial charge is 0.304 e. The lowest BCUT2D eigenvalue weighted by Gasteiger charge is -2.51. The van der Waals surface area contributed by atoms with Gasteiger partial charge in [0.1, 0.15) is 6.04 Å². The predicted octanol–water partition coefficient (Wildman–Crippen LogP) is 6.47. The van der Waals surface area contributed by atoms with E-state index in [9.17, 15) is 19.5 Å². The number of amides is 2. The number of nitrogens with zero attached hydrogens (tertiary/aromatic N) is 1. The van der Waals surface area contributed by atoms with Crippen molar-refractivity contribution in [2.75, 3.05) is 6.54 Å². The minimum absolute atomic E-state index is 0.142. The highest BCUT2D eigenvalue weighted by Gasteiger charge is 2.53. The Hall–Kier alpha value is -2.57. The number of carboxylic acid groups (broad SMARTS) is 1. The molecule has 37 heavy (non-hydrogen) atoms. The van der Waals surface area contributed by atoms with E-state index in [0.29, 0.717) is 29.4 Å². The number of nitrogens with one attached hydrogen (secondary N) is 1. The van der Waals surface area contributed by atoms with Crippen molar-refractivity contribution in [1.29, 1.82) is 0 Å².